The number of nitrogens with zero attached hydrogens (tertiary/aromatic N) is 2. The molecule has 1 atom stereocenters. The molecule has 0 aliphatic heterocycles. The Morgan fingerprint density at radius 1 is 1.22 bits per heavy atom. The lowest BCUT2D eigenvalue weighted by atomic mass is 10.1. The minimum absolute atomic E-state index is 0.429. The van der Waals surface area contributed by atoms with Crippen molar-refractivity contribution in [1.29, 1.82) is 0 Å². The van der Waals surface area contributed by atoms with Crippen LogP contribution in [0.3, 0.4) is 0 Å². The number of hydrogen-bond acceptors (Lipinski definition) is 4. The zero-order valence-corrected chi connectivity index (χ0v) is 13.2. The maximum atomic E-state index is 10.2. The van der Waals surface area contributed by atoms with Gasteiger partial charge in [0.2, 0.25) is 0 Å². The van der Waals surface area contributed by atoms with Crippen LogP contribution >= 0.6 is 11.6 Å². The van der Waals surface area contributed by atoms with Crippen LogP contribution in [0.2, 0.25) is 5.02 Å². The Hall–Kier alpha value is -2.21. The van der Waals surface area contributed by atoms with Crippen LogP contribution in [-0.4, -0.2) is 26.8 Å². The Morgan fingerprint density at radius 3 is 2.91 bits per heavy atom. The van der Waals surface area contributed by atoms with E-state index >= 15 is 0 Å². The highest BCUT2D eigenvalue weighted by atomic mass is 35.5. The third-order valence-electron chi connectivity index (χ3n) is 3.55. The van der Waals surface area contributed by atoms with Crippen LogP contribution in [0, 0.1) is 0 Å². The van der Waals surface area contributed by atoms with Crippen molar-refractivity contribution in [3.8, 4) is 11.3 Å². The molecule has 2 aromatic heterocycles. The van der Waals surface area contributed by atoms with Crippen LogP contribution < -0.4 is 5.32 Å². The van der Waals surface area contributed by atoms with Gasteiger partial charge in [0.15, 0.2) is 0 Å². The first kappa shape index (κ1) is 15.7. The van der Waals surface area contributed by atoms with E-state index in [0.717, 1.165) is 22.4 Å². The van der Waals surface area contributed by atoms with Crippen LogP contribution in [0.15, 0.2) is 55.0 Å². The first-order valence-corrected chi connectivity index (χ1v) is 7.68. The number of aliphatic hydroxyl groups is 1. The molecule has 6 heteroatoms. The quantitative estimate of drug-likeness (QED) is 0.650. The van der Waals surface area contributed by atoms with Gasteiger partial charge in [-0.1, -0.05) is 23.7 Å². The third kappa shape index (κ3) is 3.96. The molecule has 3 aromatic rings. The molecule has 0 amide bonds. The van der Waals surface area contributed by atoms with Crippen molar-refractivity contribution in [3.05, 3.63) is 71.1 Å². The Balaban J connectivity index is 1.61. The number of aliphatic hydroxyl groups excluding tert-OH is 1. The molecule has 0 aliphatic carbocycles. The predicted octanol–water partition coefficient (Wildman–Crippen LogP) is 2.95. The Labute approximate surface area is 139 Å². The third-order valence-corrected chi connectivity index (χ3v) is 3.79. The normalized spacial score (nSPS) is 12.3. The molecule has 23 heavy (non-hydrogen) atoms. The number of pyridine rings is 1. The monoisotopic (exact) mass is 328 g/mol. The summed E-state index contributed by atoms with van der Waals surface area (Å²) in [5.74, 6) is 0. The van der Waals surface area contributed by atoms with Gasteiger partial charge in [0.05, 0.1) is 18.0 Å². The molecule has 3 rings (SSSR count). The summed E-state index contributed by atoms with van der Waals surface area (Å²) in [6.07, 6.45) is 4.69. The van der Waals surface area contributed by atoms with Crippen LogP contribution in [0.1, 0.15) is 17.2 Å². The molecular formula is C17H17ClN4O. The van der Waals surface area contributed by atoms with Crippen molar-refractivity contribution < 1.29 is 5.11 Å². The maximum Gasteiger partial charge on any atom is 0.0915 e. The summed E-state index contributed by atoms with van der Waals surface area (Å²) >= 11 is 5.94. The van der Waals surface area contributed by atoms with Gasteiger partial charge >= 0.3 is 0 Å². The van der Waals surface area contributed by atoms with Gasteiger partial charge < -0.3 is 10.4 Å². The van der Waals surface area contributed by atoms with Crippen molar-refractivity contribution in [2.75, 3.05) is 6.54 Å². The smallest absolute Gasteiger partial charge is 0.0915 e. The lowest BCUT2D eigenvalue weighted by Crippen LogP contribution is -2.21. The fraction of sp³-hybridized carbons (Fsp3) is 0.176. The van der Waals surface area contributed by atoms with Crippen LogP contribution in [0.5, 0.6) is 0 Å². The number of aromatic amines is 1. The Bertz CT molecular complexity index is 760. The number of rotatable bonds is 6. The van der Waals surface area contributed by atoms with Gasteiger partial charge in [0.1, 0.15) is 0 Å². The van der Waals surface area contributed by atoms with Crippen molar-refractivity contribution in [2.24, 2.45) is 0 Å². The molecule has 0 saturated carbocycles. The number of halogens is 1. The molecule has 0 radical (unpaired) electrons. The summed E-state index contributed by atoms with van der Waals surface area (Å²) in [5, 5.41) is 21.2. The molecule has 0 saturated heterocycles. The minimum atomic E-state index is -0.609. The first-order valence-electron chi connectivity index (χ1n) is 7.31. The summed E-state index contributed by atoms with van der Waals surface area (Å²) in [5.41, 5.74) is 3.74. The highest BCUT2D eigenvalue weighted by Crippen LogP contribution is 2.20. The van der Waals surface area contributed by atoms with Gasteiger partial charge in [0.25, 0.3) is 0 Å². The van der Waals surface area contributed by atoms with E-state index in [1.807, 2.05) is 24.3 Å². The van der Waals surface area contributed by atoms with Crippen molar-refractivity contribution in [2.45, 2.75) is 12.6 Å². The Morgan fingerprint density at radius 2 is 2.13 bits per heavy atom. The van der Waals surface area contributed by atoms with Gasteiger partial charge in [0, 0.05) is 41.6 Å². The van der Waals surface area contributed by atoms with Gasteiger partial charge in [-0.3, -0.25) is 10.1 Å². The molecule has 1 aromatic carbocycles. The predicted molar refractivity (Wildman–Crippen MR) is 89.9 cm³/mol. The van der Waals surface area contributed by atoms with E-state index in [2.05, 4.69) is 20.5 Å². The summed E-state index contributed by atoms with van der Waals surface area (Å²) in [7, 11) is 0. The first-order chi connectivity index (χ1) is 11.2. The fourth-order valence-corrected chi connectivity index (χ4v) is 2.58. The molecular weight excluding hydrogens is 312 g/mol. The van der Waals surface area contributed by atoms with E-state index < -0.39 is 6.10 Å². The van der Waals surface area contributed by atoms with Gasteiger partial charge in [-0.05, 0) is 29.8 Å². The highest BCUT2D eigenvalue weighted by molar-refractivity contribution is 6.30. The lowest BCUT2D eigenvalue weighted by Gasteiger charge is -2.12. The minimum Gasteiger partial charge on any atom is -0.387 e. The molecule has 5 nitrogen and oxygen atoms in total. The zero-order valence-electron chi connectivity index (χ0n) is 12.4. The molecule has 118 valence electrons. The topological polar surface area (TPSA) is 73.8 Å². The number of nitrogens with one attached hydrogen (secondary N) is 2. The van der Waals surface area contributed by atoms with E-state index in [1.54, 1.807) is 30.7 Å². The highest BCUT2D eigenvalue weighted by Gasteiger charge is 2.10. The van der Waals surface area contributed by atoms with E-state index in [9.17, 15) is 5.11 Å². The van der Waals surface area contributed by atoms with Gasteiger partial charge in [-0.15, -0.1) is 0 Å². The molecule has 0 spiro atoms. The molecule has 0 bridgehead atoms. The van der Waals surface area contributed by atoms with Crippen LogP contribution in [0.4, 0.5) is 0 Å². The number of aromatic nitrogens is 3. The molecule has 0 unspecified atom stereocenters. The largest absolute Gasteiger partial charge is 0.387 e. The van der Waals surface area contributed by atoms with Crippen LogP contribution in [0.25, 0.3) is 11.3 Å². The summed E-state index contributed by atoms with van der Waals surface area (Å²) in [6.45, 7) is 1.02. The summed E-state index contributed by atoms with van der Waals surface area (Å²) in [6, 6.07) is 11.1. The van der Waals surface area contributed by atoms with E-state index in [4.69, 9.17) is 11.6 Å². The van der Waals surface area contributed by atoms with Crippen molar-refractivity contribution >= 4 is 11.6 Å². The van der Waals surface area contributed by atoms with Crippen molar-refractivity contribution in [3.63, 3.8) is 0 Å². The van der Waals surface area contributed by atoms with E-state index in [1.165, 1.54) is 0 Å². The van der Waals surface area contributed by atoms with Gasteiger partial charge in [-0.25, -0.2) is 0 Å². The number of benzene rings is 1. The van der Waals surface area contributed by atoms with Crippen molar-refractivity contribution in [1.82, 2.24) is 20.5 Å². The summed E-state index contributed by atoms with van der Waals surface area (Å²) in [4.78, 5) is 4.12. The lowest BCUT2D eigenvalue weighted by molar-refractivity contribution is 0.174. The second-order valence-electron chi connectivity index (χ2n) is 5.21. The van der Waals surface area contributed by atoms with Crippen LogP contribution in [-0.2, 0) is 6.54 Å². The molecule has 0 fully saturated rings. The summed E-state index contributed by atoms with van der Waals surface area (Å²) < 4.78 is 0. The molecule has 3 N–H and O–H groups in total. The SMILES string of the molecule is O[C@H](CNCc1cn[nH]c1-c1cccnc1)c1cccc(Cl)c1. The standard InChI is InChI=1S/C17H17ClN4O/c18-15-5-1-3-12(7-15)16(23)11-20-9-14-10-21-22-17(14)13-4-2-6-19-8-13/h1-8,10,16,20,23H,9,11H2,(H,21,22)/t16-/m1/s1. The second kappa shape index (κ2) is 7.37. The fourth-order valence-electron chi connectivity index (χ4n) is 2.38. The van der Waals surface area contributed by atoms with E-state index in [-0.39, 0.29) is 0 Å². The second-order valence-corrected chi connectivity index (χ2v) is 5.65. The number of H-pyrrole nitrogens is 1. The average molecular weight is 329 g/mol. The Kier molecular flexibility index (Phi) is 5.02. The molecule has 2 heterocycles. The van der Waals surface area contributed by atoms with Gasteiger partial charge in [-0.2, -0.15) is 5.10 Å². The zero-order chi connectivity index (χ0) is 16.1. The maximum absolute atomic E-state index is 10.2. The molecule has 0 aliphatic rings. The number of hydrogen-bond donors (Lipinski definition) is 3. The average Bonchev–Trinajstić information content (AvgIpc) is 3.04. The van der Waals surface area contributed by atoms with E-state index in [0.29, 0.717) is 18.1 Å².